The molecule has 1 saturated heterocycles. The topological polar surface area (TPSA) is 97.3 Å². The fourth-order valence-corrected chi connectivity index (χ4v) is 7.02. The van der Waals surface area contributed by atoms with E-state index in [-0.39, 0.29) is 57.2 Å². The average molecular weight is 578 g/mol. The molecule has 2 aliphatic heterocycles. The number of nitrogens with two attached hydrogens (primary N) is 1. The second-order valence-corrected chi connectivity index (χ2v) is 12.2. The number of anilines is 1. The summed E-state index contributed by atoms with van der Waals surface area (Å²) in [6.07, 6.45) is 5.73. The van der Waals surface area contributed by atoms with Crippen LogP contribution in [0.5, 0.6) is 6.01 Å². The van der Waals surface area contributed by atoms with Crippen molar-refractivity contribution in [3.63, 3.8) is 0 Å². The number of aromatic nitrogens is 2. The van der Waals surface area contributed by atoms with Crippen LogP contribution >= 0.6 is 11.3 Å². The Kier molecular flexibility index (Phi) is 6.37. The number of likely N-dealkylation sites (tertiary alicyclic amines) is 1. The Morgan fingerprint density at radius 1 is 1.17 bits per heavy atom. The number of nitrogen functional groups attached to an aromatic ring is 1. The van der Waals surface area contributed by atoms with Crippen LogP contribution in [-0.2, 0) is 18.0 Å². The van der Waals surface area contributed by atoms with Gasteiger partial charge in [-0.05, 0) is 54.5 Å². The first-order chi connectivity index (χ1) is 19.9. The predicted octanol–water partition coefficient (Wildman–Crippen LogP) is 6.38. The minimum absolute atomic E-state index is 0.0128. The first kappa shape index (κ1) is 26.2. The molecule has 2 aromatic heterocycles. The Balaban J connectivity index is 1.25. The molecular formula is C30H26F3N5O2S. The Hall–Kier alpha value is -3.72. The van der Waals surface area contributed by atoms with Gasteiger partial charge < -0.3 is 20.1 Å². The van der Waals surface area contributed by atoms with Crippen molar-refractivity contribution >= 4 is 37.3 Å². The number of hydrogen-bond donors (Lipinski definition) is 1. The van der Waals surface area contributed by atoms with E-state index in [0.29, 0.717) is 27.8 Å². The van der Waals surface area contributed by atoms with Gasteiger partial charge in [-0.2, -0.15) is 10.2 Å². The molecule has 210 valence electrons. The predicted molar refractivity (Wildman–Crippen MR) is 150 cm³/mol. The third-order valence-corrected chi connectivity index (χ3v) is 9.53. The Labute approximate surface area is 238 Å². The van der Waals surface area contributed by atoms with Crippen LogP contribution in [0.25, 0.3) is 32.1 Å². The summed E-state index contributed by atoms with van der Waals surface area (Å²) < 4.78 is 57.1. The minimum Gasteiger partial charge on any atom is -0.463 e. The number of halogens is 3. The van der Waals surface area contributed by atoms with Crippen LogP contribution in [0.3, 0.4) is 0 Å². The van der Waals surface area contributed by atoms with Gasteiger partial charge in [0.15, 0.2) is 5.82 Å². The smallest absolute Gasteiger partial charge is 0.317 e. The first-order valence-corrected chi connectivity index (χ1v) is 14.3. The fourth-order valence-electron chi connectivity index (χ4n) is 6.09. The molecule has 3 aliphatic rings. The summed E-state index contributed by atoms with van der Waals surface area (Å²) in [5, 5.41) is 10.8. The highest BCUT2D eigenvalue weighted by molar-refractivity contribution is 7.23. The second-order valence-electron chi connectivity index (χ2n) is 11.1. The third-order valence-electron chi connectivity index (χ3n) is 8.55. The maximum Gasteiger partial charge on any atom is 0.317 e. The lowest BCUT2D eigenvalue weighted by Gasteiger charge is -2.31. The van der Waals surface area contributed by atoms with Gasteiger partial charge in [-0.25, -0.2) is 18.2 Å². The van der Waals surface area contributed by atoms with Crippen LogP contribution in [0, 0.1) is 28.4 Å². The van der Waals surface area contributed by atoms with Gasteiger partial charge in [-0.15, -0.1) is 11.3 Å². The molecule has 11 heteroatoms. The van der Waals surface area contributed by atoms with Gasteiger partial charge in [-0.1, -0.05) is 0 Å². The van der Waals surface area contributed by atoms with E-state index >= 15 is 8.78 Å². The van der Waals surface area contributed by atoms with Gasteiger partial charge in [0.25, 0.3) is 0 Å². The van der Waals surface area contributed by atoms with Crippen LogP contribution in [0.2, 0.25) is 0 Å². The van der Waals surface area contributed by atoms with E-state index in [1.54, 1.807) is 6.07 Å². The number of hydrogen-bond acceptors (Lipinski definition) is 8. The summed E-state index contributed by atoms with van der Waals surface area (Å²) in [6, 6.07) is 4.92. The van der Waals surface area contributed by atoms with Crippen molar-refractivity contribution in [3.8, 4) is 23.2 Å². The molecule has 2 aromatic carbocycles. The summed E-state index contributed by atoms with van der Waals surface area (Å²) in [5.41, 5.74) is 8.23. The van der Waals surface area contributed by atoms with E-state index in [2.05, 4.69) is 20.9 Å². The van der Waals surface area contributed by atoms with Crippen molar-refractivity contribution in [2.24, 2.45) is 5.41 Å². The van der Waals surface area contributed by atoms with Crippen LogP contribution in [0.4, 0.5) is 18.2 Å². The molecule has 1 aliphatic carbocycles. The van der Waals surface area contributed by atoms with Crippen LogP contribution in [-0.4, -0.2) is 41.1 Å². The Morgan fingerprint density at radius 3 is 2.68 bits per heavy atom. The van der Waals surface area contributed by atoms with E-state index in [1.165, 1.54) is 12.3 Å². The minimum atomic E-state index is -0.720. The summed E-state index contributed by atoms with van der Waals surface area (Å²) >= 11 is 1.16. The number of piperidine rings is 1. The molecule has 0 unspecified atom stereocenters. The highest BCUT2D eigenvalue weighted by atomic mass is 32.1. The third kappa shape index (κ3) is 4.41. The lowest BCUT2D eigenvalue weighted by Crippen LogP contribution is -2.37. The molecule has 1 saturated carbocycles. The SMILES string of the molecule is N#Cc1c(N)sc2ccc(F)c(-c3c4c(c5cnc(OCC6(CN7CCC(=CF)CC7)CC6)nc5c3F)COC4)c12. The van der Waals surface area contributed by atoms with E-state index in [9.17, 15) is 9.65 Å². The molecule has 0 atom stereocenters. The average Bonchev–Trinajstić information content (AvgIpc) is 3.42. The Morgan fingerprint density at radius 2 is 1.95 bits per heavy atom. The molecule has 0 bridgehead atoms. The summed E-state index contributed by atoms with van der Waals surface area (Å²) in [4.78, 5) is 11.2. The molecule has 7 rings (SSSR count). The van der Waals surface area contributed by atoms with Crippen LogP contribution in [0.15, 0.2) is 30.2 Å². The van der Waals surface area contributed by atoms with Crippen LogP contribution < -0.4 is 10.5 Å². The molecule has 0 amide bonds. The van der Waals surface area contributed by atoms with E-state index in [1.807, 2.05) is 0 Å². The lowest BCUT2D eigenvalue weighted by molar-refractivity contribution is 0.135. The molecule has 0 spiro atoms. The number of benzene rings is 2. The first-order valence-electron chi connectivity index (χ1n) is 13.5. The monoisotopic (exact) mass is 577 g/mol. The summed E-state index contributed by atoms with van der Waals surface area (Å²) in [6.45, 7) is 3.16. The zero-order chi connectivity index (χ0) is 28.3. The van der Waals surface area contributed by atoms with Gasteiger partial charge in [0.1, 0.15) is 22.4 Å². The zero-order valence-electron chi connectivity index (χ0n) is 22.1. The maximum atomic E-state index is 16.5. The molecule has 41 heavy (non-hydrogen) atoms. The van der Waals surface area contributed by atoms with Crippen molar-refractivity contribution in [2.45, 2.75) is 38.9 Å². The van der Waals surface area contributed by atoms with E-state index in [0.717, 1.165) is 68.6 Å². The van der Waals surface area contributed by atoms with Gasteiger partial charge >= 0.3 is 6.01 Å². The molecule has 2 fully saturated rings. The van der Waals surface area contributed by atoms with Gasteiger partial charge in [0, 0.05) is 57.8 Å². The quantitative estimate of drug-likeness (QED) is 0.284. The van der Waals surface area contributed by atoms with Gasteiger partial charge in [-0.3, -0.25) is 0 Å². The van der Waals surface area contributed by atoms with Crippen LogP contribution in [0.1, 0.15) is 42.4 Å². The molecule has 4 heterocycles. The lowest BCUT2D eigenvalue weighted by atomic mass is 9.90. The van der Waals surface area contributed by atoms with Crippen molar-refractivity contribution in [1.29, 1.82) is 5.26 Å². The summed E-state index contributed by atoms with van der Waals surface area (Å²) in [7, 11) is 0. The molecule has 7 nitrogen and oxygen atoms in total. The van der Waals surface area contributed by atoms with Crippen molar-refractivity contribution in [2.75, 3.05) is 32.0 Å². The van der Waals surface area contributed by atoms with Crippen molar-refractivity contribution in [1.82, 2.24) is 14.9 Å². The number of thiophene rings is 1. The van der Waals surface area contributed by atoms with Crippen molar-refractivity contribution < 1.29 is 22.6 Å². The molecular weight excluding hydrogens is 551 g/mol. The van der Waals surface area contributed by atoms with E-state index in [4.69, 9.17) is 15.2 Å². The number of fused-ring (bicyclic) bond motifs is 4. The standard InChI is InChI=1S/C30H26F3N5O2S/c31-9-16-3-7-38(8-4-16)14-30(5-6-30)15-40-29-36-11-18-19-12-39-13-20(19)24(26(33)27(18)37-29)25-21(32)1-2-22-23(25)17(10-34)28(35)41-22/h1-2,9,11H,3-8,12-15,35H2. The van der Waals surface area contributed by atoms with E-state index < -0.39 is 11.6 Å². The Bertz CT molecular complexity index is 1780. The van der Waals surface area contributed by atoms with Crippen molar-refractivity contribution in [3.05, 3.63) is 58.6 Å². The van der Waals surface area contributed by atoms with Gasteiger partial charge in [0.2, 0.25) is 0 Å². The summed E-state index contributed by atoms with van der Waals surface area (Å²) in [5.74, 6) is -1.38. The van der Waals surface area contributed by atoms with Gasteiger partial charge in [0.05, 0.1) is 31.7 Å². The number of ether oxygens (including phenoxy) is 2. The highest BCUT2D eigenvalue weighted by Gasteiger charge is 2.45. The number of nitriles is 1. The fraction of sp³-hybridized carbons (Fsp3) is 0.367. The second kappa shape index (κ2) is 9.98. The highest BCUT2D eigenvalue weighted by Crippen LogP contribution is 2.48. The largest absolute Gasteiger partial charge is 0.463 e. The molecule has 4 aromatic rings. The zero-order valence-corrected chi connectivity index (χ0v) is 22.9. The number of nitrogens with zero attached hydrogens (tertiary/aromatic N) is 4. The normalized spacial score (nSPS) is 18.0. The number of rotatable bonds is 6. The maximum absolute atomic E-state index is 16.5. The molecule has 2 N–H and O–H groups in total. The molecule has 0 radical (unpaired) electrons.